The van der Waals surface area contributed by atoms with Gasteiger partial charge in [-0.2, -0.15) is 0 Å². The number of piperidine rings is 1. The summed E-state index contributed by atoms with van der Waals surface area (Å²) in [5, 5.41) is 0. The molecule has 1 aliphatic carbocycles. The fourth-order valence-electron chi connectivity index (χ4n) is 3.68. The molecule has 3 rings (SSSR count). The van der Waals surface area contributed by atoms with E-state index in [0.29, 0.717) is 12.1 Å². The molecule has 1 heterocycles. The number of hydrogen-bond acceptors (Lipinski definition) is 2. The minimum Gasteiger partial charge on any atom is -0.274 e. The number of halogens is 1. The van der Waals surface area contributed by atoms with Crippen LogP contribution in [0.25, 0.3) is 0 Å². The van der Waals surface area contributed by atoms with Gasteiger partial charge in [0.05, 0.1) is 11.1 Å². The number of fused-ring (bicyclic) bond motifs is 2. The lowest BCUT2D eigenvalue weighted by Crippen LogP contribution is -2.59. The van der Waals surface area contributed by atoms with Crippen molar-refractivity contribution in [1.29, 1.82) is 0 Å². The van der Waals surface area contributed by atoms with Gasteiger partial charge in [0.2, 0.25) is 11.8 Å². The number of nitrogens with zero attached hydrogens (tertiary/aromatic N) is 1. The number of imide groups is 1. The van der Waals surface area contributed by atoms with Crippen molar-refractivity contribution >= 4 is 17.5 Å². The maximum Gasteiger partial charge on any atom is 0.240 e. The third kappa shape index (κ3) is 1.45. The van der Waals surface area contributed by atoms with E-state index in [1.165, 1.54) is 23.1 Å². The van der Waals surface area contributed by atoms with Crippen molar-refractivity contribution < 1.29 is 14.0 Å². The Morgan fingerprint density at radius 1 is 1.25 bits per heavy atom. The van der Waals surface area contributed by atoms with Crippen molar-refractivity contribution in [1.82, 2.24) is 0 Å². The molecule has 2 aliphatic rings. The van der Waals surface area contributed by atoms with Gasteiger partial charge in [0, 0.05) is 5.92 Å². The van der Waals surface area contributed by atoms with Gasteiger partial charge in [-0.25, -0.2) is 9.29 Å². The molecule has 20 heavy (non-hydrogen) atoms. The van der Waals surface area contributed by atoms with Gasteiger partial charge < -0.3 is 0 Å². The van der Waals surface area contributed by atoms with Gasteiger partial charge in [-0.1, -0.05) is 26.8 Å². The number of carbonyl (C=O) groups excluding carboxylic acids is 2. The maximum atomic E-state index is 13.4. The third-order valence-corrected chi connectivity index (χ3v) is 5.49. The van der Waals surface area contributed by atoms with E-state index in [-0.39, 0.29) is 23.1 Å². The maximum absolute atomic E-state index is 13.4. The molecule has 2 unspecified atom stereocenters. The number of anilines is 1. The molecule has 2 fully saturated rings. The molecule has 1 aliphatic heterocycles. The second kappa shape index (κ2) is 3.90. The topological polar surface area (TPSA) is 37.4 Å². The lowest BCUT2D eigenvalue weighted by molar-refractivity contribution is -0.146. The van der Waals surface area contributed by atoms with E-state index in [9.17, 15) is 14.0 Å². The van der Waals surface area contributed by atoms with Crippen molar-refractivity contribution in [2.75, 3.05) is 4.90 Å². The first-order valence-electron chi connectivity index (χ1n) is 6.93. The van der Waals surface area contributed by atoms with Gasteiger partial charge in [0.15, 0.2) is 0 Å². The SMILES string of the molecule is CC12CCC(C(=O)N(c3cccc(F)c3)C1=O)C2(C)C. The van der Waals surface area contributed by atoms with Gasteiger partial charge in [-0.15, -0.1) is 0 Å². The summed E-state index contributed by atoms with van der Waals surface area (Å²) >= 11 is 0. The first-order valence-corrected chi connectivity index (χ1v) is 6.93. The van der Waals surface area contributed by atoms with Gasteiger partial charge in [-0.3, -0.25) is 9.59 Å². The fraction of sp³-hybridized carbons (Fsp3) is 0.500. The van der Waals surface area contributed by atoms with Crippen molar-refractivity contribution in [3.8, 4) is 0 Å². The Kier molecular flexibility index (Phi) is 2.59. The zero-order chi connectivity index (χ0) is 14.7. The van der Waals surface area contributed by atoms with Crippen molar-refractivity contribution in [3.05, 3.63) is 30.1 Å². The zero-order valence-electron chi connectivity index (χ0n) is 11.9. The van der Waals surface area contributed by atoms with E-state index in [2.05, 4.69) is 0 Å². The van der Waals surface area contributed by atoms with E-state index < -0.39 is 11.2 Å². The highest BCUT2D eigenvalue weighted by Gasteiger charge is 2.64. The molecule has 2 atom stereocenters. The van der Waals surface area contributed by atoms with E-state index in [1.807, 2.05) is 20.8 Å². The van der Waals surface area contributed by atoms with Crippen LogP contribution in [0.5, 0.6) is 0 Å². The molecule has 106 valence electrons. The lowest BCUT2D eigenvalue weighted by Gasteiger charge is -2.47. The lowest BCUT2D eigenvalue weighted by atomic mass is 9.62. The molecule has 0 spiro atoms. The summed E-state index contributed by atoms with van der Waals surface area (Å²) in [4.78, 5) is 26.7. The minimum absolute atomic E-state index is 0.173. The van der Waals surface area contributed by atoms with Gasteiger partial charge in [0.25, 0.3) is 0 Å². The number of hydrogen-bond donors (Lipinski definition) is 0. The van der Waals surface area contributed by atoms with Crippen molar-refractivity contribution in [2.45, 2.75) is 33.6 Å². The van der Waals surface area contributed by atoms with Crippen LogP contribution in [0, 0.1) is 22.6 Å². The molecule has 2 amide bonds. The normalized spacial score (nSPS) is 31.8. The van der Waals surface area contributed by atoms with E-state index in [4.69, 9.17) is 0 Å². The molecule has 0 aromatic heterocycles. The Morgan fingerprint density at radius 2 is 1.95 bits per heavy atom. The predicted octanol–water partition coefficient (Wildman–Crippen LogP) is 3.14. The van der Waals surface area contributed by atoms with E-state index in [1.54, 1.807) is 6.07 Å². The summed E-state index contributed by atoms with van der Waals surface area (Å²) in [5.41, 5.74) is -0.559. The molecule has 1 saturated heterocycles. The predicted molar refractivity (Wildman–Crippen MR) is 73.5 cm³/mol. The number of benzene rings is 1. The van der Waals surface area contributed by atoms with E-state index >= 15 is 0 Å². The third-order valence-electron chi connectivity index (χ3n) is 5.49. The molecule has 1 aromatic rings. The average Bonchev–Trinajstić information content (AvgIpc) is 2.54. The summed E-state index contributed by atoms with van der Waals surface area (Å²) in [7, 11) is 0. The summed E-state index contributed by atoms with van der Waals surface area (Å²) in [6, 6.07) is 5.69. The fourth-order valence-corrected chi connectivity index (χ4v) is 3.68. The van der Waals surface area contributed by atoms with Crippen LogP contribution in [0.1, 0.15) is 33.6 Å². The van der Waals surface area contributed by atoms with Crippen molar-refractivity contribution in [2.24, 2.45) is 16.7 Å². The molecule has 0 N–H and O–H groups in total. The summed E-state index contributed by atoms with van der Waals surface area (Å²) in [6.45, 7) is 5.90. The number of amides is 2. The van der Waals surface area contributed by atoms with Crippen LogP contribution in [0.2, 0.25) is 0 Å². The average molecular weight is 275 g/mol. The quantitative estimate of drug-likeness (QED) is 0.738. The molecule has 4 heteroatoms. The Labute approximate surface area is 117 Å². The van der Waals surface area contributed by atoms with Crippen LogP contribution < -0.4 is 4.90 Å². The van der Waals surface area contributed by atoms with Gasteiger partial charge >= 0.3 is 0 Å². The summed E-state index contributed by atoms with van der Waals surface area (Å²) < 4.78 is 13.4. The van der Waals surface area contributed by atoms with Crippen LogP contribution >= 0.6 is 0 Å². The first-order chi connectivity index (χ1) is 9.29. The largest absolute Gasteiger partial charge is 0.274 e. The Balaban J connectivity index is 2.12. The summed E-state index contributed by atoms with van der Waals surface area (Å²) in [5.74, 6) is -1.01. The van der Waals surface area contributed by atoms with Crippen LogP contribution in [0.4, 0.5) is 10.1 Å². The zero-order valence-corrected chi connectivity index (χ0v) is 11.9. The second-order valence-corrected chi connectivity index (χ2v) is 6.60. The molecule has 3 nitrogen and oxygen atoms in total. The van der Waals surface area contributed by atoms with Gasteiger partial charge in [-0.05, 0) is 36.5 Å². The molecule has 1 saturated carbocycles. The first kappa shape index (κ1) is 13.3. The Hall–Kier alpha value is -1.71. The van der Waals surface area contributed by atoms with Crippen LogP contribution in [0.3, 0.4) is 0 Å². The molecule has 0 radical (unpaired) electrons. The van der Waals surface area contributed by atoms with E-state index in [0.717, 1.165) is 6.42 Å². The highest BCUT2D eigenvalue weighted by atomic mass is 19.1. The molecular weight excluding hydrogens is 257 g/mol. The van der Waals surface area contributed by atoms with Crippen LogP contribution in [0.15, 0.2) is 24.3 Å². The number of rotatable bonds is 1. The monoisotopic (exact) mass is 275 g/mol. The molecule has 1 aromatic carbocycles. The smallest absolute Gasteiger partial charge is 0.240 e. The Morgan fingerprint density at radius 3 is 2.60 bits per heavy atom. The van der Waals surface area contributed by atoms with Crippen molar-refractivity contribution in [3.63, 3.8) is 0 Å². The van der Waals surface area contributed by atoms with Crippen LogP contribution in [-0.4, -0.2) is 11.8 Å². The number of carbonyl (C=O) groups is 2. The summed E-state index contributed by atoms with van der Waals surface area (Å²) in [6.07, 6.45) is 1.43. The standard InChI is InChI=1S/C16H18FNO2/c1-15(2)12-7-8-16(15,3)14(20)18(13(12)19)11-6-4-5-10(17)9-11/h4-6,9,12H,7-8H2,1-3H3. The second-order valence-electron chi connectivity index (χ2n) is 6.60. The highest BCUT2D eigenvalue weighted by molar-refractivity contribution is 6.20. The van der Waals surface area contributed by atoms with Crippen LogP contribution in [-0.2, 0) is 9.59 Å². The highest BCUT2D eigenvalue weighted by Crippen LogP contribution is 2.60. The van der Waals surface area contributed by atoms with Gasteiger partial charge in [0.1, 0.15) is 5.82 Å². The molecule has 2 bridgehead atoms. The minimum atomic E-state index is -0.558. The molecular formula is C16H18FNO2. The Bertz CT molecular complexity index is 610.